The molecule has 0 aromatic carbocycles. The first-order valence-electron chi connectivity index (χ1n) is 7.49. The second-order valence-electron chi connectivity index (χ2n) is 5.74. The van der Waals surface area contributed by atoms with Crippen molar-refractivity contribution in [3.63, 3.8) is 0 Å². The van der Waals surface area contributed by atoms with E-state index in [0.717, 1.165) is 37.2 Å². The molecule has 1 saturated heterocycles. The quantitative estimate of drug-likeness (QED) is 0.893. The van der Waals surface area contributed by atoms with Gasteiger partial charge in [-0.15, -0.1) is 0 Å². The van der Waals surface area contributed by atoms with Crippen LogP contribution in [0.2, 0.25) is 5.02 Å². The van der Waals surface area contributed by atoms with Crippen LogP contribution in [0, 0.1) is 6.92 Å². The van der Waals surface area contributed by atoms with Crippen molar-refractivity contribution in [2.45, 2.75) is 50.8 Å². The Morgan fingerprint density at radius 3 is 2.71 bits per heavy atom. The zero-order valence-corrected chi connectivity index (χ0v) is 14.5. The van der Waals surface area contributed by atoms with Crippen LogP contribution in [0.3, 0.4) is 0 Å². The minimum absolute atomic E-state index is 0.104. The second kappa shape index (κ2) is 6.67. The molecule has 0 radical (unpaired) electrons. The van der Waals surface area contributed by atoms with Gasteiger partial charge in [0.2, 0.25) is 0 Å². The summed E-state index contributed by atoms with van der Waals surface area (Å²) in [5.74, 6) is 0.303. The molecule has 2 atom stereocenters. The molecular formula is C14H24ClN3O2S. The summed E-state index contributed by atoms with van der Waals surface area (Å²) in [5.41, 5.74) is 1.69. The van der Waals surface area contributed by atoms with Crippen LogP contribution in [0.25, 0.3) is 0 Å². The SMILES string of the molecule is CCNC(Cc1c(Cl)c(C)nn1C)C1CCCCS1(=O)=O. The predicted molar refractivity (Wildman–Crippen MR) is 85.5 cm³/mol. The molecule has 1 aliphatic rings. The van der Waals surface area contributed by atoms with E-state index in [2.05, 4.69) is 10.4 Å². The smallest absolute Gasteiger partial charge is 0.154 e. The molecule has 21 heavy (non-hydrogen) atoms. The zero-order chi connectivity index (χ0) is 15.6. The van der Waals surface area contributed by atoms with Gasteiger partial charge in [-0.1, -0.05) is 24.9 Å². The van der Waals surface area contributed by atoms with Crippen molar-refractivity contribution in [1.82, 2.24) is 15.1 Å². The van der Waals surface area contributed by atoms with Crippen LogP contribution in [-0.4, -0.2) is 41.8 Å². The first-order chi connectivity index (χ1) is 9.86. The number of nitrogens with one attached hydrogen (secondary N) is 1. The first kappa shape index (κ1) is 16.8. The van der Waals surface area contributed by atoms with Crippen molar-refractivity contribution < 1.29 is 8.42 Å². The Labute approximate surface area is 132 Å². The molecule has 120 valence electrons. The van der Waals surface area contributed by atoms with Gasteiger partial charge in [-0.25, -0.2) is 8.42 Å². The van der Waals surface area contributed by atoms with Gasteiger partial charge in [-0.2, -0.15) is 5.10 Å². The predicted octanol–water partition coefficient (Wildman–Crippen LogP) is 1.87. The fourth-order valence-corrected chi connectivity index (χ4v) is 5.50. The van der Waals surface area contributed by atoms with Gasteiger partial charge >= 0.3 is 0 Å². The van der Waals surface area contributed by atoms with E-state index in [1.54, 1.807) is 4.68 Å². The lowest BCUT2D eigenvalue weighted by Gasteiger charge is -2.30. The molecule has 0 aliphatic carbocycles. The van der Waals surface area contributed by atoms with Crippen molar-refractivity contribution in [3.8, 4) is 0 Å². The van der Waals surface area contributed by atoms with Gasteiger partial charge in [0.05, 0.1) is 27.4 Å². The van der Waals surface area contributed by atoms with E-state index in [0.29, 0.717) is 17.2 Å². The third-order valence-corrected chi connectivity index (χ3v) is 7.05. The summed E-state index contributed by atoms with van der Waals surface area (Å²) in [5, 5.41) is 7.98. The fraction of sp³-hybridized carbons (Fsp3) is 0.786. The molecule has 7 heteroatoms. The Morgan fingerprint density at radius 1 is 1.48 bits per heavy atom. The van der Waals surface area contributed by atoms with Crippen LogP contribution in [0.5, 0.6) is 0 Å². The number of rotatable bonds is 5. The van der Waals surface area contributed by atoms with Gasteiger partial charge in [0, 0.05) is 19.5 Å². The molecule has 1 aromatic rings. The summed E-state index contributed by atoms with van der Waals surface area (Å²) in [6.45, 7) is 4.61. The third-order valence-electron chi connectivity index (χ3n) is 4.22. The number of aromatic nitrogens is 2. The Morgan fingerprint density at radius 2 is 2.19 bits per heavy atom. The highest BCUT2D eigenvalue weighted by Gasteiger charge is 2.36. The average molecular weight is 334 g/mol. The monoisotopic (exact) mass is 333 g/mol. The average Bonchev–Trinajstić information content (AvgIpc) is 2.64. The van der Waals surface area contributed by atoms with Crippen LogP contribution >= 0.6 is 11.6 Å². The molecule has 2 heterocycles. The molecule has 1 aromatic heterocycles. The lowest BCUT2D eigenvalue weighted by Crippen LogP contribution is -2.48. The molecule has 1 aliphatic heterocycles. The van der Waals surface area contributed by atoms with Crippen LogP contribution in [0.1, 0.15) is 37.6 Å². The van der Waals surface area contributed by atoms with Gasteiger partial charge < -0.3 is 5.32 Å². The normalized spacial score (nSPS) is 23.1. The number of aryl methyl sites for hydroxylation is 2. The third kappa shape index (κ3) is 3.60. The zero-order valence-electron chi connectivity index (χ0n) is 12.9. The lowest BCUT2D eigenvalue weighted by molar-refractivity contribution is 0.433. The summed E-state index contributed by atoms with van der Waals surface area (Å²) >= 11 is 6.31. The molecule has 0 saturated carbocycles. The fourth-order valence-electron chi connectivity index (χ4n) is 3.14. The van der Waals surface area contributed by atoms with Crippen molar-refractivity contribution in [2.75, 3.05) is 12.3 Å². The topological polar surface area (TPSA) is 64.0 Å². The molecule has 0 bridgehead atoms. The highest BCUT2D eigenvalue weighted by molar-refractivity contribution is 7.92. The highest BCUT2D eigenvalue weighted by atomic mass is 35.5. The number of likely N-dealkylation sites (N-methyl/N-ethyl adjacent to an activating group) is 1. The first-order valence-corrected chi connectivity index (χ1v) is 9.59. The van der Waals surface area contributed by atoms with Crippen molar-refractivity contribution in [2.24, 2.45) is 7.05 Å². The molecule has 2 unspecified atom stereocenters. The van der Waals surface area contributed by atoms with E-state index >= 15 is 0 Å². The molecule has 1 fully saturated rings. The molecule has 0 spiro atoms. The molecule has 0 amide bonds. The number of sulfone groups is 1. The maximum atomic E-state index is 12.4. The number of halogens is 1. The minimum Gasteiger partial charge on any atom is -0.313 e. The summed E-state index contributed by atoms with van der Waals surface area (Å²) in [4.78, 5) is 0. The summed E-state index contributed by atoms with van der Waals surface area (Å²) in [6.07, 6.45) is 3.08. The van der Waals surface area contributed by atoms with Gasteiger partial charge in [-0.05, 0) is 26.3 Å². The minimum atomic E-state index is -3.02. The van der Waals surface area contributed by atoms with Gasteiger partial charge in [0.25, 0.3) is 0 Å². The van der Waals surface area contributed by atoms with Crippen LogP contribution < -0.4 is 5.32 Å². The maximum Gasteiger partial charge on any atom is 0.154 e. The van der Waals surface area contributed by atoms with E-state index in [1.807, 2.05) is 20.9 Å². The Balaban J connectivity index is 2.27. The standard InChI is InChI=1S/C14H24ClN3O2S/c1-4-16-11(13-7-5-6-8-21(13,19)20)9-12-14(15)10(2)17-18(12)3/h11,13,16H,4-9H2,1-3H3. The number of hydrogen-bond donors (Lipinski definition) is 1. The lowest BCUT2D eigenvalue weighted by atomic mass is 10.0. The Hall–Kier alpha value is -0.590. The Bertz CT molecular complexity index is 598. The van der Waals surface area contributed by atoms with Crippen molar-refractivity contribution in [1.29, 1.82) is 0 Å². The number of hydrogen-bond acceptors (Lipinski definition) is 4. The van der Waals surface area contributed by atoms with Gasteiger partial charge in [0.15, 0.2) is 9.84 Å². The Kier molecular flexibility index (Phi) is 5.33. The molecular weight excluding hydrogens is 310 g/mol. The summed E-state index contributed by atoms with van der Waals surface area (Å²) in [6, 6.07) is -0.104. The second-order valence-corrected chi connectivity index (χ2v) is 8.46. The maximum absolute atomic E-state index is 12.4. The van der Waals surface area contributed by atoms with Crippen LogP contribution in [-0.2, 0) is 23.3 Å². The summed E-state index contributed by atoms with van der Waals surface area (Å²) < 4.78 is 26.5. The van der Waals surface area contributed by atoms with Crippen molar-refractivity contribution >= 4 is 21.4 Å². The van der Waals surface area contributed by atoms with Crippen molar-refractivity contribution in [3.05, 3.63) is 16.4 Å². The van der Waals surface area contributed by atoms with E-state index < -0.39 is 9.84 Å². The van der Waals surface area contributed by atoms with E-state index in [9.17, 15) is 8.42 Å². The number of nitrogens with zero attached hydrogens (tertiary/aromatic N) is 2. The van der Waals surface area contributed by atoms with Crippen LogP contribution in [0.4, 0.5) is 0 Å². The summed E-state index contributed by atoms with van der Waals surface area (Å²) in [7, 11) is -1.17. The van der Waals surface area contributed by atoms with Gasteiger partial charge in [-0.3, -0.25) is 4.68 Å². The largest absolute Gasteiger partial charge is 0.313 e. The van der Waals surface area contributed by atoms with E-state index in [1.165, 1.54) is 0 Å². The molecule has 1 N–H and O–H groups in total. The van der Waals surface area contributed by atoms with Crippen LogP contribution in [0.15, 0.2) is 0 Å². The van der Waals surface area contributed by atoms with E-state index in [4.69, 9.17) is 11.6 Å². The highest BCUT2D eigenvalue weighted by Crippen LogP contribution is 2.27. The van der Waals surface area contributed by atoms with Gasteiger partial charge in [0.1, 0.15) is 0 Å². The molecule has 2 rings (SSSR count). The van der Waals surface area contributed by atoms with E-state index in [-0.39, 0.29) is 11.3 Å². The molecule has 5 nitrogen and oxygen atoms in total.